The zero-order valence-corrected chi connectivity index (χ0v) is 9.36. The second-order valence-corrected chi connectivity index (χ2v) is 4.42. The van der Waals surface area contributed by atoms with Gasteiger partial charge in [-0.25, -0.2) is 0 Å². The zero-order valence-electron chi connectivity index (χ0n) is 9.36. The molecule has 1 heterocycles. The van der Waals surface area contributed by atoms with Crippen molar-refractivity contribution < 1.29 is 9.90 Å². The van der Waals surface area contributed by atoms with Crippen molar-refractivity contribution in [3.63, 3.8) is 0 Å². The lowest BCUT2D eigenvalue weighted by Crippen LogP contribution is -2.01. The molecule has 3 nitrogen and oxygen atoms in total. The third-order valence-corrected chi connectivity index (χ3v) is 3.22. The number of aromatic nitrogens is 1. The van der Waals surface area contributed by atoms with Crippen molar-refractivity contribution in [1.29, 1.82) is 0 Å². The van der Waals surface area contributed by atoms with E-state index in [1.807, 2.05) is 12.3 Å². The van der Waals surface area contributed by atoms with Crippen LogP contribution in [0.25, 0.3) is 16.5 Å². The molecule has 3 rings (SSSR count). The molecule has 2 aromatic rings. The minimum absolute atomic E-state index is 0.195. The van der Waals surface area contributed by atoms with E-state index < -0.39 is 0 Å². The number of fused-ring (bicyclic) bond motifs is 1. The predicted molar refractivity (Wildman–Crippen MR) is 66.8 cm³/mol. The molecule has 0 bridgehead atoms. The van der Waals surface area contributed by atoms with Crippen molar-refractivity contribution in [1.82, 2.24) is 4.98 Å². The van der Waals surface area contributed by atoms with Crippen molar-refractivity contribution >= 4 is 22.3 Å². The van der Waals surface area contributed by atoms with Crippen molar-refractivity contribution in [3.05, 3.63) is 36.0 Å². The van der Waals surface area contributed by atoms with E-state index in [4.69, 9.17) is 0 Å². The van der Waals surface area contributed by atoms with Gasteiger partial charge in [0.15, 0.2) is 5.78 Å². The van der Waals surface area contributed by atoms with E-state index in [1.54, 1.807) is 18.2 Å². The van der Waals surface area contributed by atoms with Crippen LogP contribution in [0.5, 0.6) is 5.75 Å². The van der Waals surface area contributed by atoms with E-state index in [-0.39, 0.29) is 11.5 Å². The first kappa shape index (κ1) is 10.1. The van der Waals surface area contributed by atoms with Gasteiger partial charge in [-0.05, 0) is 42.7 Å². The molecule has 0 saturated carbocycles. The number of phenolic OH excluding ortho intramolecular Hbond substituents is 1. The first-order valence-corrected chi connectivity index (χ1v) is 5.78. The molecule has 0 amide bonds. The Kier molecular flexibility index (Phi) is 2.25. The third kappa shape index (κ3) is 1.73. The van der Waals surface area contributed by atoms with Crippen LogP contribution in [0.2, 0.25) is 0 Å². The van der Waals surface area contributed by atoms with Crippen LogP contribution in [0.4, 0.5) is 0 Å². The van der Waals surface area contributed by atoms with Crippen LogP contribution >= 0.6 is 0 Å². The van der Waals surface area contributed by atoms with Gasteiger partial charge >= 0.3 is 0 Å². The van der Waals surface area contributed by atoms with Gasteiger partial charge in [-0.15, -0.1) is 0 Å². The zero-order chi connectivity index (χ0) is 11.8. The second-order valence-electron chi connectivity index (χ2n) is 4.42. The number of nitrogens with one attached hydrogen (secondary N) is 1. The quantitative estimate of drug-likeness (QED) is 0.786. The van der Waals surface area contributed by atoms with Gasteiger partial charge in [0.1, 0.15) is 5.75 Å². The smallest absolute Gasteiger partial charge is 0.155 e. The van der Waals surface area contributed by atoms with Crippen LogP contribution in [0.3, 0.4) is 0 Å². The number of carbonyl (C=O) groups is 1. The van der Waals surface area contributed by atoms with E-state index in [0.717, 1.165) is 34.9 Å². The predicted octanol–water partition coefficient (Wildman–Crippen LogP) is 3.01. The number of rotatable bonds is 1. The number of hydrogen-bond acceptors (Lipinski definition) is 2. The molecule has 0 fully saturated rings. The fourth-order valence-corrected chi connectivity index (χ4v) is 2.38. The number of carbonyl (C=O) groups excluding carboxylic acids is 1. The van der Waals surface area contributed by atoms with Gasteiger partial charge in [0.25, 0.3) is 0 Å². The van der Waals surface area contributed by atoms with Crippen molar-refractivity contribution in [2.45, 2.75) is 19.3 Å². The molecule has 1 aromatic carbocycles. The lowest BCUT2D eigenvalue weighted by Gasteiger charge is -2.11. The molecule has 17 heavy (non-hydrogen) atoms. The normalized spacial score (nSPS) is 16.2. The highest BCUT2D eigenvalue weighted by Crippen LogP contribution is 2.32. The van der Waals surface area contributed by atoms with Crippen LogP contribution in [-0.2, 0) is 4.79 Å². The van der Waals surface area contributed by atoms with Crippen molar-refractivity contribution in [2.24, 2.45) is 0 Å². The maximum atomic E-state index is 11.4. The standard InChI is InChI=1S/C14H13NO2/c16-10-3-1-2-9(6-10)13-8-15-14-5-4-11(17)7-12(13)14/h4-8,15,17H,1-3H2. The van der Waals surface area contributed by atoms with Crippen LogP contribution in [-0.4, -0.2) is 15.9 Å². The number of aromatic amines is 1. The number of ketones is 1. The highest BCUT2D eigenvalue weighted by Gasteiger charge is 2.14. The number of aromatic hydroxyl groups is 1. The fraction of sp³-hybridized carbons (Fsp3) is 0.214. The highest BCUT2D eigenvalue weighted by atomic mass is 16.3. The van der Waals surface area contributed by atoms with E-state index in [1.165, 1.54) is 0 Å². The van der Waals surface area contributed by atoms with E-state index >= 15 is 0 Å². The first-order valence-electron chi connectivity index (χ1n) is 5.78. The summed E-state index contributed by atoms with van der Waals surface area (Å²) >= 11 is 0. The number of benzene rings is 1. The minimum Gasteiger partial charge on any atom is -0.508 e. The molecule has 3 heteroatoms. The Morgan fingerprint density at radius 1 is 1.24 bits per heavy atom. The number of H-pyrrole nitrogens is 1. The summed E-state index contributed by atoms with van der Waals surface area (Å²) < 4.78 is 0. The Balaban J connectivity index is 2.17. The average molecular weight is 227 g/mol. The maximum Gasteiger partial charge on any atom is 0.155 e. The van der Waals surface area contributed by atoms with Gasteiger partial charge in [-0.3, -0.25) is 4.79 Å². The van der Waals surface area contributed by atoms with Gasteiger partial charge < -0.3 is 10.1 Å². The molecule has 0 spiro atoms. The van der Waals surface area contributed by atoms with Crippen molar-refractivity contribution in [2.75, 3.05) is 0 Å². The Bertz CT molecular complexity index is 622. The lowest BCUT2D eigenvalue weighted by molar-refractivity contribution is -0.114. The summed E-state index contributed by atoms with van der Waals surface area (Å²) in [5.41, 5.74) is 3.08. The molecule has 0 atom stereocenters. The first-order chi connectivity index (χ1) is 8.24. The summed E-state index contributed by atoms with van der Waals surface area (Å²) in [6.45, 7) is 0. The van der Waals surface area contributed by atoms with Crippen LogP contribution in [0.15, 0.2) is 30.5 Å². The summed E-state index contributed by atoms with van der Waals surface area (Å²) in [7, 11) is 0. The maximum absolute atomic E-state index is 11.4. The van der Waals surface area contributed by atoms with E-state index in [9.17, 15) is 9.90 Å². The highest BCUT2D eigenvalue weighted by molar-refractivity contribution is 6.02. The lowest BCUT2D eigenvalue weighted by atomic mass is 9.93. The Morgan fingerprint density at radius 2 is 2.12 bits per heavy atom. The van der Waals surface area contributed by atoms with Crippen LogP contribution in [0, 0.1) is 0 Å². The number of hydrogen-bond donors (Lipinski definition) is 2. The summed E-state index contributed by atoms with van der Waals surface area (Å²) in [5, 5.41) is 10.5. The Hall–Kier alpha value is -2.03. The molecular formula is C14H13NO2. The molecule has 2 N–H and O–H groups in total. The molecule has 0 radical (unpaired) electrons. The summed E-state index contributed by atoms with van der Waals surface area (Å²) in [6.07, 6.45) is 6.13. The molecular weight excluding hydrogens is 214 g/mol. The molecule has 0 saturated heterocycles. The summed E-state index contributed by atoms with van der Waals surface area (Å²) in [5.74, 6) is 0.446. The Morgan fingerprint density at radius 3 is 2.94 bits per heavy atom. The molecule has 0 unspecified atom stereocenters. The molecule has 1 aliphatic rings. The minimum atomic E-state index is 0.195. The van der Waals surface area contributed by atoms with Crippen LogP contribution in [0.1, 0.15) is 24.8 Å². The molecule has 86 valence electrons. The number of phenols is 1. The van der Waals surface area contributed by atoms with E-state index in [2.05, 4.69) is 4.98 Å². The fourth-order valence-electron chi connectivity index (χ4n) is 2.38. The largest absolute Gasteiger partial charge is 0.508 e. The van der Waals surface area contributed by atoms with Crippen molar-refractivity contribution in [3.8, 4) is 5.75 Å². The summed E-state index contributed by atoms with van der Waals surface area (Å²) in [6, 6.07) is 5.24. The topological polar surface area (TPSA) is 53.1 Å². The second kappa shape index (κ2) is 3.77. The van der Waals surface area contributed by atoms with Crippen LogP contribution < -0.4 is 0 Å². The van der Waals surface area contributed by atoms with Gasteiger partial charge in [-0.1, -0.05) is 0 Å². The number of allylic oxidation sites excluding steroid dienone is 2. The monoisotopic (exact) mass is 227 g/mol. The van der Waals surface area contributed by atoms with Gasteiger partial charge in [0.05, 0.1) is 0 Å². The Labute approximate surface area is 98.8 Å². The van der Waals surface area contributed by atoms with Gasteiger partial charge in [-0.2, -0.15) is 0 Å². The molecule has 1 aliphatic carbocycles. The molecule has 1 aromatic heterocycles. The summed E-state index contributed by atoms with van der Waals surface area (Å²) in [4.78, 5) is 14.6. The third-order valence-electron chi connectivity index (χ3n) is 3.22. The average Bonchev–Trinajstić information content (AvgIpc) is 2.71. The molecule has 0 aliphatic heterocycles. The SMILES string of the molecule is O=C1C=C(c2c[nH]c3ccc(O)cc23)CCC1. The van der Waals surface area contributed by atoms with E-state index in [0.29, 0.717) is 6.42 Å². The van der Waals surface area contributed by atoms with Gasteiger partial charge in [0.2, 0.25) is 0 Å². The van der Waals surface area contributed by atoms with Gasteiger partial charge in [0, 0.05) is 29.1 Å².